The highest BCUT2D eigenvalue weighted by atomic mass is 32.2. The second-order valence-electron chi connectivity index (χ2n) is 8.44. The van der Waals surface area contributed by atoms with Crippen LogP contribution in [0.2, 0.25) is 0 Å². The van der Waals surface area contributed by atoms with Crippen LogP contribution in [0.25, 0.3) is 0 Å². The van der Waals surface area contributed by atoms with E-state index in [1.807, 2.05) is 0 Å². The molecular weight excluding hydrogens is 410 g/mol. The van der Waals surface area contributed by atoms with Crippen LogP contribution < -0.4 is 10.6 Å². The maximum atomic E-state index is 12.7. The Hall–Kier alpha value is -2.46. The lowest BCUT2D eigenvalue weighted by Crippen LogP contribution is -2.49. The molecule has 1 saturated heterocycles. The molecule has 30 heavy (non-hydrogen) atoms. The Balaban J connectivity index is 1.90. The smallest absolute Gasteiger partial charge is 0.338 e. The van der Waals surface area contributed by atoms with Gasteiger partial charge in [-0.05, 0) is 63.8 Å². The molecule has 1 aliphatic rings. The first-order valence-electron chi connectivity index (χ1n) is 9.78. The molecule has 0 radical (unpaired) electrons. The number of sulfonamides is 1. The summed E-state index contributed by atoms with van der Waals surface area (Å²) in [4.78, 5) is 35.5. The van der Waals surface area contributed by atoms with Crippen molar-refractivity contribution in [3.63, 3.8) is 0 Å². The van der Waals surface area contributed by atoms with Crippen LogP contribution in [0.1, 0.15) is 50.9 Å². The van der Waals surface area contributed by atoms with Gasteiger partial charge in [0, 0.05) is 18.6 Å². The minimum absolute atomic E-state index is 0.102. The average molecular weight is 440 g/mol. The van der Waals surface area contributed by atoms with Gasteiger partial charge in [-0.3, -0.25) is 10.1 Å². The highest BCUT2D eigenvalue weighted by Crippen LogP contribution is 2.23. The van der Waals surface area contributed by atoms with E-state index < -0.39 is 40.1 Å². The van der Waals surface area contributed by atoms with Gasteiger partial charge in [-0.2, -0.15) is 4.31 Å². The molecule has 0 atom stereocenters. The number of rotatable bonds is 5. The van der Waals surface area contributed by atoms with Gasteiger partial charge in [0.1, 0.15) is 0 Å². The first-order valence-corrected chi connectivity index (χ1v) is 11.2. The predicted molar refractivity (Wildman–Crippen MR) is 110 cm³/mol. The van der Waals surface area contributed by atoms with Crippen LogP contribution in [0.3, 0.4) is 0 Å². The largest absolute Gasteiger partial charge is 0.452 e. The summed E-state index contributed by atoms with van der Waals surface area (Å²) >= 11 is 0. The number of amides is 3. The molecule has 0 saturated carbocycles. The van der Waals surface area contributed by atoms with E-state index >= 15 is 0 Å². The fourth-order valence-corrected chi connectivity index (χ4v) is 4.36. The number of carbonyl (C=O) groups excluding carboxylic acids is 3. The molecule has 0 spiro atoms. The van der Waals surface area contributed by atoms with Crippen LogP contribution in [-0.2, 0) is 19.6 Å². The van der Waals surface area contributed by atoms with E-state index in [0.717, 1.165) is 12.8 Å². The zero-order chi connectivity index (χ0) is 22.5. The third kappa shape index (κ3) is 6.81. The lowest BCUT2D eigenvalue weighted by molar-refractivity contribution is -0.123. The molecule has 2 N–H and O–H groups in total. The number of ether oxygens (including phenoxy) is 1. The van der Waals surface area contributed by atoms with Crippen molar-refractivity contribution < 1.29 is 27.5 Å². The van der Waals surface area contributed by atoms with E-state index in [1.165, 1.54) is 28.6 Å². The summed E-state index contributed by atoms with van der Waals surface area (Å²) in [6.45, 7) is 7.69. The highest BCUT2D eigenvalue weighted by molar-refractivity contribution is 7.89. The first kappa shape index (κ1) is 23.8. The van der Waals surface area contributed by atoms with Crippen LogP contribution in [0.4, 0.5) is 4.79 Å². The van der Waals surface area contributed by atoms with Crippen molar-refractivity contribution in [2.75, 3.05) is 19.7 Å². The van der Waals surface area contributed by atoms with Gasteiger partial charge in [0.05, 0.1) is 10.5 Å². The third-order valence-corrected chi connectivity index (χ3v) is 6.46. The number of hydrogen-bond donors (Lipinski definition) is 2. The Morgan fingerprint density at radius 2 is 1.67 bits per heavy atom. The van der Waals surface area contributed by atoms with Crippen LogP contribution in [-0.4, -0.2) is 55.9 Å². The Labute approximate surface area is 177 Å². The summed E-state index contributed by atoms with van der Waals surface area (Å²) in [6, 6.07) is 4.69. The number of benzene rings is 1. The highest BCUT2D eigenvalue weighted by Gasteiger charge is 2.28. The number of piperidine rings is 1. The number of imide groups is 1. The van der Waals surface area contributed by atoms with Crippen molar-refractivity contribution in [2.24, 2.45) is 5.92 Å². The Morgan fingerprint density at radius 1 is 1.10 bits per heavy atom. The van der Waals surface area contributed by atoms with Gasteiger partial charge in [0.25, 0.3) is 5.91 Å². The molecule has 0 bridgehead atoms. The zero-order valence-electron chi connectivity index (χ0n) is 17.7. The zero-order valence-corrected chi connectivity index (χ0v) is 18.5. The molecule has 1 aromatic carbocycles. The monoisotopic (exact) mass is 439 g/mol. The molecule has 166 valence electrons. The maximum Gasteiger partial charge on any atom is 0.338 e. The quantitative estimate of drug-likeness (QED) is 0.676. The Morgan fingerprint density at radius 3 is 2.20 bits per heavy atom. The summed E-state index contributed by atoms with van der Waals surface area (Å²) in [5.74, 6) is -1.06. The first-order chi connectivity index (χ1) is 13.9. The van der Waals surface area contributed by atoms with Crippen LogP contribution in [0, 0.1) is 5.92 Å². The summed E-state index contributed by atoms with van der Waals surface area (Å²) in [5, 5.41) is 4.61. The summed E-state index contributed by atoms with van der Waals surface area (Å²) in [6.07, 6.45) is 1.64. The Bertz CT molecular complexity index is 882. The molecule has 0 unspecified atom stereocenters. The lowest BCUT2D eigenvalue weighted by Gasteiger charge is -2.29. The second-order valence-corrected chi connectivity index (χ2v) is 10.4. The third-order valence-electron chi connectivity index (χ3n) is 4.55. The van der Waals surface area contributed by atoms with Gasteiger partial charge in [-0.25, -0.2) is 18.0 Å². The van der Waals surface area contributed by atoms with E-state index in [0.29, 0.717) is 19.0 Å². The SMILES string of the molecule is CC1CCN(S(=O)(=O)c2ccc(C(=O)OCC(=O)NC(=O)NC(C)(C)C)cc2)CC1. The molecule has 1 aromatic rings. The van der Waals surface area contributed by atoms with E-state index in [4.69, 9.17) is 4.74 Å². The standard InChI is InChI=1S/C20H29N3O6S/c1-14-9-11-23(12-10-14)30(27,28)16-7-5-15(6-8-16)18(25)29-13-17(24)21-19(26)22-20(2,3)4/h5-8,14H,9-13H2,1-4H3,(H2,21,22,24,26). The van der Waals surface area contributed by atoms with Crippen molar-refractivity contribution in [1.29, 1.82) is 0 Å². The Kier molecular flexibility index (Phi) is 7.59. The topological polar surface area (TPSA) is 122 Å². The molecule has 0 aliphatic carbocycles. The summed E-state index contributed by atoms with van der Waals surface area (Å²) < 4.78 is 31.8. The number of hydrogen-bond acceptors (Lipinski definition) is 6. The predicted octanol–water partition coefficient (Wildman–Crippen LogP) is 1.89. The van der Waals surface area contributed by atoms with E-state index in [9.17, 15) is 22.8 Å². The van der Waals surface area contributed by atoms with Crippen molar-refractivity contribution in [3.8, 4) is 0 Å². The van der Waals surface area contributed by atoms with Crippen LogP contribution >= 0.6 is 0 Å². The molecule has 10 heteroatoms. The molecule has 2 rings (SSSR count). The van der Waals surface area contributed by atoms with Crippen molar-refractivity contribution in [3.05, 3.63) is 29.8 Å². The summed E-state index contributed by atoms with van der Waals surface area (Å²) in [5.41, 5.74) is -0.414. The molecule has 9 nitrogen and oxygen atoms in total. The molecule has 1 heterocycles. The van der Waals surface area contributed by atoms with Gasteiger partial charge >= 0.3 is 12.0 Å². The van der Waals surface area contributed by atoms with E-state index in [1.54, 1.807) is 20.8 Å². The number of carbonyl (C=O) groups is 3. The van der Waals surface area contributed by atoms with Gasteiger partial charge in [0.2, 0.25) is 10.0 Å². The van der Waals surface area contributed by atoms with Crippen molar-refractivity contribution in [2.45, 2.75) is 51.0 Å². The van der Waals surface area contributed by atoms with E-state index in [-0.39, 0.29) is 10.5 Å². The average Bonchev–Trinajstić information content (AvgIpc) is 2.65. The molecule has 3 amide bonds. The minimum atomic E-state index is -3.61. The van der Waals surface area contributed by atoms with E-state index in [2.05, 4.69) is 17.6 Å². The molecule has 1 aliphatic heterocycles. The molecular formula is C20H29N3O6S. The second kappa shape index (κ2) is 9.57. The van der Waals surface area contributed by atoms with Gasteiger partial charge in [0.15, 0.2) is 6.61 Å². The van der Waals surface area contributed by atoms with Crippen molar-refractivity contribution >= 4 is 27.9 Å². The summed E-state index contributed by atoms with van der Waals surface area (Å²) in [7, 11) is -3.61. The molecule has 0 aromatic heterocycles. The minimum Gasteiger partial charge on any atom is -0.452 e. The van der Waals surface area contributed by atoms with Gasteiger partial charge in [-0.15, -0.1) is 0 Å². The fourth-order valence-electron chi connectivity index (χ4n) is 2.89. The van der Waals surface area contributed by atoms with Crippen molar-refractivity contribution in [1.82, 2.24) is 14.9 Å². The van der Waals surface area contributed by atoms with Crippen LogP contribution in [0.15, 0.2) is 29.2 Å². The lowest BCUT2D eigenvalue weighted by atomic mass is 10.0. The van der Waals surface area contributed by atoms with Gasteiger partial charge < -0.3 is 10.1 Å². The maximum absolute atomic E-state index is 12.7. The number of nitrogens with zero attached hydrogens (tertiary/aromatic N) is 1. The van der Waals surface area contributed by atoms with Crippen LogP contribution in [0.5, 0.6) is 0 Å². The number of esters is 1. The fraction of sp³-hybridized carbons (Fsp3) is 0.550. The normalized spacial score (nSPS) is 16.0. The van der Waals surface area contributed by atoms with Gasteiger partial charge in [-0.1, -0.05) is 6.92 Å². The number of nitrogens with one attached hydrogen (secondary N) is 2. The number of urea groups is 1. The molecule has 1 fully saturated rings.